The fourth-order valence-corrected chi connectivity index (χ4v) is 3.00. The Bertz CT molecular complexity index is 519. The van der Waals surface area contributed by atoms with Crippen molar-refractivity contribution >= 4 is 23.2 Å². The van der Waals surface area contributed by atoms with Crippen molar-refractivity contribution in [2.24, 2.45) is 5.41 Å². The number of benzene rings is 1. The van der Waals surface area contributed by atoms with Crippen LogP contribution >= 0.6 is 11.6 Å². The van der Waals surface area contributed by atoms with E-state index in [-0.39, 0.29) is 11.3 Å². The summed E-state index contributed by atoms with van der Waals surface area (Å²) < 4.78 is 0. The first kappa shape index (κ1) is 15.1. The van der Waals surface area contributed by atoms with Gasteiger partial charge < -0.3 is 15.3 Å². The van der Waals surface area contributed by atoms with Crippen molar-refractivity contribution in [3.05, 3.63) is 28.8 Å². The number of hydrogen-bond donors (Lipinski definition) is 2. The predicted molar refractivity (Wildman–Crippen MR) is 81.1 cm³/mol. The number of amides is 1. The highest BCUT2D eigenvalue weighted by Crippen LogP contribution is 2.37. The zero-order chi connectivity index (χ0) is 14.9. The third-order valence-electron chi connectivity index (χ3n) is 4.04. The van der Waals surface area contributed by atoms with Crippen LogP contribution < -0.4 is 10.2 Å². The van der Waals surface area contributed by atoms with E-state index in [0.29, 0.717) is 11.6 Å². The maximum Gasteiger partial charge on any atom is 0.227 e. The fraction of sp³-hybridized carbons (Fsp3) is 0.533. The normalized spacial score (nSPS) is 23.8. The third-order valence-corrected chi connectivity index (χ3v) is 4.35. The molecule has 4 nitrogen and oxygen atoms in total. The molecule has 1 aliphatic rings. The molecule has 1 aromatic carbocycles. The minimum Gasteiger partial charge on any atom is -0.389 e. The van der Waals surface area contributed by atoms with Crippen LogP contribution in [0.15, 0.2) is 18.2 Å². The average Bonchev–Trinajstić information content (AvgIpc) is 2.81. The third kappa shape index (κ3) is 2.76. The maximum absolute atomic E-state index is 11.9. The molecule has 1 aromatic rings. The summed E-state index contributed by atoms with van der Waals surface area (Å²) in [6.07, 6.45) is 0.275. The Morgan fingerprint density at radius 3 is 2.80 bits per heavy atom. The Hall–Kier alpha value is -1.26. The Morgan fingerprint density at radius 1 is 1.55 bits per heavy atom. The summed E-state index contributed by atoms with van der Waals surface area (Å²) in [4.78, 5) is 14.1. The minimum atomic E-state index is -0.531. The van der Waals surface area contributed by atoms with E-state index in [1.807, 2.05) is 19.1 Å². The molecule has 0 bridgehead atoms. The van der Waals surface area contributed by atoms with Crippen LogP contribution in [0.25, 0.3) is 0 Å². The van der Waals surface area contributed by atoms with Gasteiger partial charge in [0.25, 0.3) is 0 Å². The van der Waals surface area contributed by atoms with Crippen LogP contribution in [-0.2, 0) is 4.79 Å². The Labute approximate surface area is 124 Å². The number of nitrogens with one attached hydrogen (secondary N) is 1. The Kier molecular flexibility index (Phi) is 4.25. The summed E-state index contributed by atoms with van der Waals surface area (Å²) in [7, 11) is 1.67. The fourth-order valence-electron chi connectivity index (χ4n) is 2.69. The van der Waals surface area contributed by atoms with Crippen LogP contribution in [-0.4, -0.2) is 31.2 Å². The molecule has 110 valence electrons. The number of aliphatic hydroxyl groups is 1. The largest absolute Gasteiger partial charge is 0.389 e. The molecule has 1 amide bonds. The van der Waals surface area contributed by atoms with Crippen molar-refractivity contribution < 1.29 is 9.90 Å². The SMILES string of the molecule is CNC(=O)C1(C)CCN(c2ccc(C(C)O)cc2Cl)C1. The van der Waals surface area contributed by atoms with Gasteiger partial charge in [-0.1, -0.05) is 17.7 Å². The second kappa shape index (κ2) is 5.62. The van der Waals surface area contributed by atoms with Gasteiger partial charge in [-0.3, -0.25) is 4.79 Å². The average molecular weight is 297 g/mol. The smallest absolute Gasteiger partial charge is 0.227 e. The lowest BCUT2D eigenvalue weighted by atomic mass is 9.89. The van der Waals surface area contributed by atoms with Gasteiger partial charge in [0.05, 0.1) is 22.2 Å². The van der Waals surface area contributed by atoms with Gasteiger partial charge in [-0.15, -0.1) is 0 Å². The van der Waals surface area contributed by atoms with Gasteiger partial charge in [-0.25, -0.2) is 0 Å². The molecule has 2 atom stereocenters. The summed E-state index contributed by atoms with van der Waals surface area (Å²) in [5.74, 6) is 0.0664. The highest BCUT2D eigenvalue weighted by atomic mass is 35.5. The minimum absolute atomic E-state index is 0.0664. The molecule has 5 heteroatoms. The first-order chi connectivity index (χ1) is 9.37. The molecular formula is C15H21ClN2O2. The van der Waals surface area contributed by atoms with Gasteiger partial charge in [0, 0.05) is 20.1 Å². The standard InChI is InChI=1S/C15H21ClN2O2/c1-10(19)11-4-5-13(12(16)8-11)18-7-6-15(2,9-18)14(20)17-3/h4-5,8,10,19H,6-7,9H2,1-3H3,(H,17,20). The number of carbonyl (C=O) groups is 1. The van der Waals surface area contributed by atoms with Gasteiger partial charge in [0.2, 0.25) is 5.91 Å². The van der Waals surface area contributed by atoms with E-state index < -0.39 is 6.10 Å². The molecular weight excluding hydrogens is 276 g/mol. The van der Waals surface area contributed by atoms with Gasteiger partial charge in [-0.05, 0) is 38.0 Å². The highest BCUT2D eigenvalue weighted by molar-refractivity contribution is 6.33. The van der Waals surface area contributed by atoms with E-state index in [2.05, 4.69) is 10.2 Å². The quantitative estimate of drug-likeness (QED) is 0.900. The molecule has 2 unspecified atom stereocenters. The van der Waals surface area contributed by atoms with Crippen LogP contribution in [0.5, 0.6) is 0 Å². The molecule has 0 spiro atoms. The summed E-state index contributed by atoms with van der Waals surface area (Å²) in [6, 6.07) is 5.58. The zero-order valence-corrected chi connectivity index (χ0v) is 12.9. The second-order valence-corrected chi connectivity index (χ2v) is 6.11. The molecule has 1 aliphatic heterocycles. The molecule has 0 saturated carbocycles. The highest BCUT2D eigenvalue weighted by Gasteiger charge is 2.40. The van der Waals surface area contributed by atoms with Crippen LogP contribution in [0, 0.1) is 5.41 Å². The molecule has 2 N–H and O–H groups in total. The van der Waals surface area contributed by atoms with E-state index in [4.69, 9.17) is 11.6 Å². The van der Waals surface area contributed by atoms with Crippen LogP contribution in [0.1, 0.15) is 31.9 Å². The van der Waals surface area contributed by atoms with Gasteiger partial charge >= 0.3 is 0 Å². The first-order valence-corrected chi connectivity index (χ1v) is 7.20. The van der Waals surface area contributed by atoms with Crippen LogP contribution in [0.3, 0.4) is 0 Å². The Morgan fingerprint density at radius 2 is 2.25 bits per heavy atom. The summed E-state index contributed by atoms with van der Waals surface area (Å²) in [5.41, 5.74) is 1.34. The summed E-state index contributed by atoms with van der Waals surface area (Å²) in [5, 5.41) is 12.9. The number of carbonyl (C=O) groups excluding carboxylic acids is 1. The number of anilines is 1. The summed E-state index contributed by atoms with van der Waals surface area (Å²) >= 11 is 6.31. The van der Waals surface area contributed by atoms with Gasteiger partial charge in [-0.2, -0.15) is 0 Å². The van der Waals surface area contributed by atoms with Gasteiger partial charge in [0.15, 0.2) is 0 Å². The number of nitrogens with zero attached hydrogens (tertiary/aromatic N) is 1. The van der Waals surface area contributed by atoms with Crippen LogP contribution in [0.4, 0.5) is 5.69 Å². The monoisotopic (exact) mass is 296 g/mol. The second-order valence-electron chi connectivity index (χ2n) is 5.70. The lowest BCUT2D eigenvalue weighted by Gasteiger charge is -2.25. The first-order valence-electron chi connectivity index (χ1n) is 6.82. The van der Waals surface area contributed by atoms with Crippen molar-refractivity contribution in [1.29, 1.82) is 0 Å². The Balaban J connectivity index is 2.20. The molecule has 20 heavy (non-hydrogen) atoms. The van der Waals surface area contributed by atoms with Gasteiger partial charge in [0.1, 0.15) is 0 Å². The van der Waals surface area contributed by atoms with E-state index in [0.717, 1.165) is 24.2 Å². The molecule has 1 fully saturated rings. The van der Waals surface area contributed by atoms with E-state index in [9.17, 15) is 9.90 Å². The molecule has 0 radical (unpaired) electrons. The maximum atomic E-state index is 11.9. The molecule has 1 heterocycles. The number of halogens is 1. The van der Waals surface area contributed by atoms with E-state index >= 15 is 0 Å². The number of aliphatic hydroxyl groups excluding tert-OH is 1. The van der Waals surface area contributed by atoms with E-state index in [1.165, 1.54) is 0 Å². The molecule has 0 aromatic heterocycles. The predicted octanol–water partition coefficient (Wildman–Crippen LogP) is 2.36. The lowest BCUT2D eigenvalue weighted by molar-refractivity contribution is -0.128. The van der Waals surface area contributed by atoms with Crippen molar-refractivity contribution in [3.8, 4) is 0 Å². The summed E-state index contributed by atoms with van der Waals surface area (Å²) in [6.45, 7) is 5.14. The molecule has 1 saturated heterocycles. The number of hydrogen-bond acceptors (Lipinski definition) is 3. The van der Waals surface area contributed by atoms with Crippen LogP contribution in [0.2, 0.25) is 5.02 Å². The number of rotatable bonds is 3. The van der Waals surface area contributed by atoms with Crippen molar-refractivity contribution in [2.75, 3.05) is 25.0 Å². The molecule has 2 rings (SSSR count). The van der Waals surface area contributed by atoms with E-state index in [1.54, 1.807) is 20.0 Å². The zero-order valence-electron chi connectivity index (χ0n) is 12.1. The van der Waals surface area contributed by atoms with Crippen molar-refractivity contribution in [3.63, 3.8) is 0 Å². The topological polar surface area (TPSA) is 52.6 Å². The van der Waals surface area contributed by atoms with Crippen molar-refractivity contribution in [2.45, 2.75) is 26.4 Å². The van der Waals surface area contributed by atoms with Crippen molar-refractivity contribution in [1.82, 2.24) is 5.32 Å². The molecule has 0 aliphatic carbocycles. The lowest BCUT2D eigenvalue weighted by Crippen LogP contribution is -2.39.